The van der Waals surface area contributed by atoms with Gasteiger partial charge < -0.3 is 27.3 Å². The van der Waals surface area contributed by atoms with Crippen LogP contribution in [0.1, 0.15) is 14.4 Å². The van der Waals surface area contributed by atoms with Gasteiger partial charge in [0.05, 0.1) is 40.6 Å². The number of rotatable bonds is 9. The lowest BCUT2D eigenvalue weighted by Gasteiger charge is -2.21. The number of hydrogen-bond acceptors (Lipinski definition) is 5. The van der Waals surface area contributed by atoms with E-state index in [1.54, 1.807) is 20.2 Å². The Balaban J connectivity index is -0.0000000759. The minimum absolute atomic E-state index is 0. The van der Waals surface area contributed by atoms with Crippen LogP contribution in [0.25, 0.3) is 0 Å². The van der Waals surface area contributed by atoms with Crippen LogP contribution < -0.4 is 10.6 Å². The van der Waals surface area contributed by atoms with Crippen LogP contribution in [0.15, 0.2) is 63.0 Å². The van der Waals surface area contributed by atoms with E-state index >= 15 is 0 Å². The molecular weight excluding hydrogens is 446 g/mol. The van der Waals surface area contributed by atoms with Crippen molar-refractivity contribution in [2.24, 2.45) is 0 Å². The Bertz CT molecular complexity index is 661. The third kappa shape index (κ3) is 53.0. The zero-order chi connectivity index (χ0) is 25.7. The number of nitrogens with zero attached hydrogens (tertiary/aromatic N) is 1. The number of hydrogen-bond donors (Lipinski definition) is 3. The highest BCUT2D eigenvalue weighted by atomic mass is 32.2. The molecule has 0 bridgehead atoms. The van der Waals surface area contributed by atoms with Crippen molar-refractivity contribution in [1.29, 1.82) is 0 Å². The molecule has 33 heavy (non-hydrogen) atoms. The highest BCUT2D eigenvalue weighted by Gasteiger charge is 2.12. The molecule has 0 saturated heterocycles. The summed E-state index contributed by atoms with van der Waals surface area (Å²) >= 11 is 0. The monoisotopic (exact) mass is 493 g/mol. The maximum absolute atomic E-state index is 10.6. The fourth-order valence-corrected chi connectivity index (χ4v) is 1.95. The Morgan fingerprint density at radius 3 is 1.61 bits per heavy atom. The van der Waals surface area contributed by atoms with Crippen molar-refractivity contribution in [3.8, 4) is 0 Å². The fraction of sp³-hybridized carbons (Fsp3) is 0.435. The molecule has 0 aromatic heterocycles. The first-order valence-corrected chi connectivity index (χ1v) is 10.6. The quantitative estimate of drug-likeness (QED) is 0.0864. The summed E-state index contributed by atoms with van der Waals surface area (Å²) in [4.78, 5) is 20.6. The molecule has 0 rings (SSSR count). The fourth-order valence-electron chi connectivity index (χ4n) is 1.23. The molecule has 0 fully saturated rings. The third-order valence-corrected chi connectivity index (χ3v) is 3.55. The predicted octanol–water partition coefficient (Wildman–Crippen LogP) is 2.78. The summed E-state index contributed by atoms with van der Waals surface area (Å²) in [6.45, 7) is 19.4. The van der Waals surface area contributed by atoms with Crippen molar-refractivity contribution in [1.82, 2.24) is 10.6 Å². The van der Waals surface area contributed by atoms with E-state index < -0.39 is 27.8 Å². The predicted molar refractivity (Wildman–Crippen MR) is 141 cm³/mol. The molecule has 0 spiro atoms. The normalized spacial score (nSPS) is 9.79. The van der Waals surface area contributed by atoms with Crippen molar-refractivity contribution in [2.75, 3.05) is 47.6 Å². The standard InChI is InChI=1S/C6H11NO4S.C6H14N.C5H8O.C4H7NO.CH4.CH3/c1-3-6(8)7-5(2)4-12(9,10)11;1-5-6-7(2,3)4;1-4-5(2)6-3;1-3-4(6)5-2;;/h3,5H,1,4H2,2H3,(H,7,8)(H,9,10,11);5H,1,6H2,2-4H3;4H,1-2H2,3H3;3H,1H2,2H3,(H,5,6);1H4;1H3/q;+1;;;;-1. The molecule has 0 saturated carbocycles. The average Bonchev–Trinajstić information content (AvgIpc) is 2.65. The molecule has 2 amide bonds. The molecule has 0 radical (unpaired) electrons. The number of quaternary nitrogens is 1. The molecule has 0 aliphatic rings. The molecule has 1 unspecified atom stereocenters. The number of allylic oxidation sites excluding steroid dienone is 1. The summed E-state index contributed by atoms with van der Waals surface area (Å²) in [5, 5.41) is 4.65. The van der Waals surface area contributed by atoms with E-state index in [0.29, 0.717) is 5.76 Å². The second kappa shape index (κ2) is 25.6. The maximum Gasteiger partial charge on any atom is 0.266 e. The van der Waals surface area contributed by atoms with Gasteiger partial charge in [-0.1, -0.05) is 40.3 Å². The number of likely N-dealkylation sites (N-methyl/N-ethyl adjacent to an activating group) is 2. The molecule has 0 aliphatic carbocycles. The largest absolute Gasteiger partial charge is 0.497 e. The maximum atomic E-state index is 10.6. The molecule has 0 heterocycles. The first-order valence-electron chi connectivity index (χ1n) is 9.02. The topological polar surface area (TPSA) is 122 Å². The summed E-state index contributed by atoms with van der Waals surface area (Å²) in [6.07, 6.45) is 5.74. The van der Waals surface area contributed by atoms with Gasteiger partial charge in [-0.15, -0.1) is 0 Å². The van der Waals surface area contributed by atoms with E-state index in [4.69, 9.17) is 4.55 Å². The van der Waals surface area contributed by atoms with E-state index in [-0.39, 0.29) is 20.8 Å². The number of ether oxygens (including phenoxy) is 1. The Labute approximate surface area is 202 Å². The lowest BCUT2D eigenvalue weighted by molar-refractivity contribution is -0.864. The lowest BCUT2D eigenvalue weighted by Crippen LogP contribution is -2.36. The summed E-state index contributed by atoms with van der Waals surface area (Å²) in [5.74, 6) is -0.497. The highest BCUT2D eigenvalue weighted by Crippen LogP contribution is 1.89. The van der Waals surface area contributed by atoms with Crippen LogP contribution >= 0.6 is 0 Å². The third-order valence-electron chi connectivity index (χ3n) is 2.63. The van der Waals surface area contributed by atoms with E-state index in [1.165, 1.54) is 13.0 Å². The van der Waals surface area contributed by atoms with Gasteiger partial charge >= 0.3 is 0 Å². The second-order valence-corrected chi connectivity index (χ2v) is 8.31. The van der Waals surface area contributed by atoms with Gasteiger partial charge in [0.25, 0.3) is 10.1 Å². The van der Waals surface area contributed by atoms with Crippen LogP contribution in [0.5, 0.6) is 0 Å². The van der Waals surface area contributed by atoms with E-state index in [1.807, 2.05) is 6.08 Å². The van der Waals surface area contributed by atoms with Gasteiger partial charge in [0, 0.05) is 13.1 Å². The SMILES string of the molecule is C.C=CC(=C)OC.C=CC(=O)NC.C=CC(=O)NC(C)CS(=O)(=O)O.C=CC[N+](C)(C)C.[CH3-]. The van der Waals surface area contributed by atoms with Crippen molar-refractivity contribution in [3.05, 3.63) is 70.4 Å². The van der Waals surface area contributed by atoms with E-state index in [0.717, 1.165) is 17.1 Å². The number of methoxy groups -OCH3 is 1. The first kappa shape index (κ1) is 44.1. The van der Waals surface area contributed by atoms with Gasteiger partial charge in [-0.25, -0.2) is 0 Å². The van der Waals surface area contributed by atoms with Crippen molar-refractivity contribution in [2.45, 2.75) is 20.4 Å². The lowest BCUT2D eigenvalue weighted by atomic mass is 10.4. The Hall–Kier alpha value is -2.69. The van der Waals surface area contributed by atoms with Gasteiger partial charge in [-0.05, 0) is 31.2 Å². The molecule has 3 N–H and O–H groups in total. The van der Waals surface area contributed by atoms with Crippen molar-refractivity contribution in [3.63, 3.8) is 0 Å². The molecule has 0 aliphatic heterocycles. The number of nitrogens with one attached hydrogen (secondary N) is 2. The van der Waals surface area contributed by atoms with Crippen molar-refractivity contribution >= 4 is 21.9 Å². The summed E-state index contributed by atoms with van der Waals surface area (Å²) in [6, 6.07) is -0.620. The van der Waals surface area contributed by atoms with E-state index in [2.05, 4.69) is 69.4 Å². The van der Waals surface area contributed by atoms with Crippen LogP contribution in [-0.4, -0.2) is 82.9 Å². The van der Waals surface area contributed by atoms with Gasteiger partial charge in [-0.2, -0.15) is 8.42 Å². The summed E-state index contributed by atoms with van der Waals surface area (Å²) in [7, 11) is 5.51. The van der Waals surface area contributed by atoms with Crippen LogP contribution in [0.2, 0.25) is 0 Å². The average molecular weight is 494 g/mol. The molecule has 1 atom stereocenters. The molecule has 0 aromatic rings. The Morgan fingerprint density at radius 2 is 1.48 bits per heavy atom. The Kier molecular flexibility index (Phi) is 34.1. The van der Waals surface area contributed by atoms with Crippen LogP contribution in [-0.2, 0) is 24.4 Å². The minimum atomic E-state index is -4.03. The summed E-state index contributed by atoms with van der Waals surface area (Å²) in [5.41, 5.74) is 0. The molecule has 9 nitrogen and oxygen atoms in total. The smallest absolute Gasteiger partial charge is 0.266 e. The highest BCUT2D eigenvalue weighted by molar-refractivity contribution is 7.85. The molecule has 0 aromatic carbocycles. The minimum Gasteiger partial charge on any atom is -0.497 e. The van der Waals surface area contributed by atoms with Gasteiger partial charge in [0.1, 0.15) is 5.76 Å². The zero-order valence-electron chi connectivity index (χ0n) is 20.7. The second-order valence-electron chi connectivity index (χ2n) is 6.82. The van der Waals surface area contributed by atoms with Crippen LogP contribution in [0.4, 0.5) is 0 Å². The van der Waals surface area contributed by atoms with Crippen molar-refractivity contribution < 1.29 is 31.8 Å². The van der Waals surface area contributed by atoms with Gasteiger partial charge in [0.2, 0.25) is 11.8 Å². The molecule has 10 heteroatoms. The van der Waals surface area contributed by atoms with E-state index in [9.17, 15) is 18.0 Å². The van der Waals surface area contributed by atoms with Gasteiger partial charge in [-0.3, -0.25) is 14.1 Å². The molecular formula is C23H47N3O6S. The van der Waals surface area contributed by atoms with Gasteiger partial charge in [0.15, 0.2) is 0 Å². The van der Waals surface area contributed by atoms with Crippen LogP contribution in [0.3, 0.4) is 0 Å². The number of carbonyl (C=O) groups is 2. The number of amides is 2. The summed E-state index contributed by atoms with van der Waals surface area (Å²) < 4.78 is 34.5. The first-order chi connectivity index (χ1) is 14.0. The molecule has 196 valence electrons. The van der Waals surface area contributed by atoms with Crippen LogP contribution in [0, 0.1) is 7.43 Å². The number of carbonyl (C=O) groups excluding carboxylic acids is 2. The Morgan fingerprint density at radius 1 is 1.06 bits per heavy atom. The zero-order valence-corrected chi connectivity index (χ0v) is 21.5.